The summed E-state index contributed by atoms with van der Waals surface area (Å²) < 4.78 is 63.7. The molecule has 1 aromatic heterocycles. The molecule has 0 atom stereocenters. The third-order valence-electron chi connectivity index (χ3n) is 3.82. The Bertz CT molecular complexity index is 1120. The first kappa shape index (κ1) is 18.7. The van der Waals surface area contributed by atoms with Gasteiger partial charge in [0.2, 0.25) is 0 Å². The molecule has 138 valence electrons. The molecule has 0 amide bonds. The predicted octanol–water partition coefficient (Wildman–Crippen LogP) is 3.83. The second kappa shape index (κ2) is 6.55. The molecule has 1 heterocycles. The minimum absolute atomic E-state index is 0.0618. The van der Waals surface area contributed by atoms with Crippen molar-refractivity contribution in [2.24, 2.45) is 0 Å². The van der Waals surface area contributed by atoms with Gasteiger partial charge in [0.05, 0.1) is 27.9 Å². The Labute approximate surface area is 153 Å². The summed E-state index contributed by atoms with van der Waals surface area (Å²) in [5.74, 6) is 0. The Morgan fingerprint density at radius 2 is 1.63 bits per heavy atom. The van der Waals surface area contributed by atoms with E-state index in [2.05, 4.69) is 5.10 Å². The molecule has 0 bridgehead atoms. The largest absolute Gasteiger partial charge is 0.435 e. The first-order valence-electron chi connectivity index (χ1n) is 7.58. The zero-order valence-electron chi connectivity index (χ0n) is 13.9. The summed E-state index contributed by atoms with van der Waals surface area (Å²) in [6.07, 6.45) is -3.59. The molecule has 0 aliphatic carbocycles. The lowest BCUT2D eigenvalue weighted by Gasteiger charge is -2.08. The highest BCUT2D eigenvalue weighted by Gasteiger charge is 2.35. The van der Waals surface area contributed by atoms with E-state index in [1.165, 1.54) is 48.5 Å². The van der Waals surface area contributed by atoms with Gasteiger partial charge in [0.1, 0.15) is 0 Å². The molecular formula is C18H12F3N3O2S. The minimum atomic E-state index is -4.64. The molecule has 0 aliphatic rings. The van der Waals surface area contributed by atoms with Crippen LogP contribution in [0.3, 0.4) is 0 Å². The summed E-state index contributed by atoms with van der Waals surface area (Å²) >= 11 is 0. The monoisotopic (exact) mass is 391 g/mol. The van der Waals surface area contributed by atoms with E-state index in [0.717, 1.165) is 17.0 Å². The van der Waals surface area contributed by atoms with Gasteiger partial charge in [-0.3, -0.25) is 0 Å². The maximum atomic E-state index is 13.2. The third-order valence-corrected chi connectivity index (χ3v) is 4.95. The van der Waals surface area contributed by atoms with Crippen LogP contribution in [0, 0.1) is 11.3 Å². The van der Waals surface area contributed by atoms with E-state index < -0.39 is 21.7 Å². The molecule has 0 N–H and O–H groups in total. The number of rotatable bonds is 3. The fourth-order valence-electron chi connectivity index (χ4n) is 2.47. The second-order valence-corrected chi connectivity index (χ2v) is 7.80. The van der Waals surface area contributed by atoms with Crippen molar-refractivity contribution in [2.45, 2.75) is 11.1 Å². The van der Waals surface area contributed by atoms with Crippen LogP contribution in [0.2, 0.25) is 0 Å². The van der Waals surface area contributed by atoms with Gasteiger partial charge in [-0.05, 0) is 42.5 Å². The van der Waals surface area contributed by atoms with Gasteiger partial charge < -0.3 is 0 Å². The minimum Gasteiger partial charge on any atom is -0.233 e. The number of aromatic nitrogens is 2. The molecule has 9 heteroatoms. The molecule has 0 aliphatic heterocycles. The molecule has 0 unspecified atom stereocenters. The van der Waals surface area contributed by atoms with Crippen LogP contribution in [-0.2, 0) is 16.0 Å². The fraction of sp³-hybridized carbons (Fsp3) is 0.111. The molecule has 2 aromatic carbocycles. The standard InChI is InChI=1S/C18H12F3N3O2S/c1-27(25,26)15-8-4-13(5-9-15)16-10-17(18(19,20)21)23-24(16)14-6-2-12(11-22)3-7-14/h2-10H,1H3. The van der Waals surface area contributed by atoms with Crippen LogP contribution < -0.4 is 0 Å². The van der Waals surface area contributed by atoms with E-state index in [-0.39, 0.29) is 10.6 Å². The fourth-order valence-corrected chi connectivity index (χ4v) is 3.10. The molecule has 0 spiro atoms. The number of sulfone groups is 1. The Balaban J connectivity index is 2.16. The number of nitriles is 1. The predicted molar refractivity (Wildman–Crippen MR) is 91.8 cm³/mol. The summed E-state index contributed by atoms with van der Waals surface area (Å²) in [5.41, 5.74) is 0.142. The quantitative estimate of drug-likeness (QED) is 0.680. The van der Waals surface area contributed by atoms with Crippen molar-refractivity contribution < 1.29 is 21.6 Å². The van der Waals surface area contributed by atoms with Gasteiger partial charge in [-0.25, -0.2) is 13.1 Å². The first-order valence-corrected chi connectivity index (χ1v) is 9.47. The molecule has 0 radical (unpaired) electrons. The van der Waals surface area contributed by atoms with Crippen LogP contribution >= 0.6 is 0 Å². The Morgan fingerprint density at radius 3 is 2.11 bits per heavy atom. The first-order chi connectivity index (χ1) is 12.6. The highest BCUT2D eigenvalue weighted by atomic mass is 32.2. The molecule has 0 saturated heterocycles. The lowest BCUT2D eigenvalue weighted by molar-refractivity contribution is -0.141. The maximum Gasteiger partial charge on any atom is 0.435 e. The topological polar surface area (TPSA) is 75.8 Å². The third kappa shape index (κ3) is 3.85. The molecule has 3 aromatic rings. The lowest BCUT2D eigenvalue weighted by Crippen LogP contribution is -2.07. The maximum absolute atomic E-state index is 13.2. The molecular weight excluding hydrogens is 379 g/mol. The number of alkyl halides is 3. The second-order valence-electron chi connectivity index (χ2n) is 5.78. The van der Waals surface area contributed by atoms with Crippen LogP contribution in [0.15, 0.2) is 59.5 Å². The van der Waals surface area contributed by atoms with Crippen molar-refractivity contribution >= 4 is 9.84 Å². The number of halogens is 3. The summed E-state index contributed by atoms with van der Waals surface area (Å²) in [6.45, 7) is 0. The summed E-state index contributed by atoms with van der Waals surface area (Å²) in [4.78, 5) is 0.0618. The Kier molecular flexibility index (Phi) is 4.53. The zero-order chi connectivity index (χ0) is 19.8. The van der Waals surface area contributed by atoms with E-state index in [1.54, 1.807) is 0 Å². The van der Waals surface area contributed by atoms with Crippen LogP contribution in [0.4, 0.5) is 13.2 Å². The Morgan fingerprint density at radius 1 is 1.04 bits per heavy atom. The molecule has 5 nitrogen and oxygen atoms in total. The van der Waals surface area contributed by atoms with Gasteiger partial charge in [-0.2, -0.15) is 23.5 Å². The van der Waals surface area contributed by atoms with Gasteiger partial charge in [-0.15, -0.1) is 0 Å². The van der Waals surface area contributed by atoms with Crippen LogP contribution in [0.25, 0.3) is 16.9 Å². The van der Waals surface area contributed by atoms with Crippen LogP contribution in [0.5, 0.6) is 0 Å². The zero-order valence-corrected chi connectivity index (χ0v) is 14.7. The van der Waals surface area contributed by atoms with Crippen molar-refractivity contribution in [1.82, 2.24) is 9.78 Å². The van der Waals surface area contributed by atoms with Gasteiger partial charge in [0.25, 0.3) is 0 Å². The van der Waals surface area contributed by atoms with Gasteiger partial charge >= 0.3 is 6.18 Å². The van der Waals surface area contributed by atoms with Crippen molar-refractivity contribution in [2.75, 3.05) is 6.26 Å². The highest BCUT2D eigenvalue weighted by molar-refractivity contribution is 7.90. The van der Waals surface area contributed by atoms with Crippen molar-refractivity contribution in [3.8, 4) is 23.0 Å². The van der Waals surface area contributed by atoms with Crippen LogP contribution in [0.1, 0.15) is 11.3 Å². The highest BCUT2D eigenvalue weighted by Crippen LogP contribution is 2.33. The smallest absolute Gasteiger partial charge is 0.233 e. The van der Waals surface area contributed by atoms with E-state index in [4.69, 9.17) is 5.26 Å². The lowest BCUT2D eigenvalue weighted by atomic mass is 10.1. The van der Waals surface area contributed by atoms with Crippen LogP contribution in [-0.4, -0.2) is 24.5 Å². The average Bonchev–Trinajstić information content (AvgIpc) is 3.07. The number of benzene rings is 2. The van der Waals surface area contributed by atoms with Crippen molar-refractivity contribution in [1.29, 1.82) is 5.26 Å². The van der Waals surface area contributed by atoms with Gasteiger partial charge in [0.15, 0.2) is 15.5 Å². The summed E-state index contributed by atoms with van der Waals surface area (Å²) in [6, 6.07) is 14.3. The molecule has 0 fully saturated rings. The normalized spacial score (nSPS) is 12.0. The van der Waals surface area contributed by atoms with Crippen molar-refractivity contribution in [3.05, 3.63) is 65.9 Å². The summed E-state index contributed by atoms with van der Waals surface area (Å²) in [7, 11) is -3.42. The average molecular weight is 391 g/mol. The molecule has 27 heavy (non-hydrogen) atoms. The number of nitrogens with zero attached hydrogens (tertiary/aromatic N) is 3. The van der Waals surface area contributed by atoms with E-state index in [1.807, 2.05) is 6.07 Å². The van der Waals surface area contributed by atoms with Gasteiger partial charge in [-0.1, -0.05) is 12.1 Å². The Hall–Kier alpha value is -3.12. The summed E-state index contributed by atoms with van der Waals surface area (Å²) in [5, 5.41) is 12.5. The van der Waals surface area contributed by atoms with E-state index >= 15 is 0 Å². The van der Waals surface area contributed by atoms with E-state index in [0.29, 0.717) is 16.8 Å². The number of hydrogen-bond acceptors (Lipinski definition) is 4. The SMILES string of the molecule is CS(=O)(=O)c1ccc(-c2cc(C(F)(F)F)nn2-c2ccc(C#N)cc2)cc1. The van der Waals surface area contributed by atoms with Crippen molar-refractivity contribution in [3.63, 3.8) is 0 Å². The van der Waals surface area contributed by atoms with Gasteiger partial charge in [0, 0.05) is 11.8 Å². The molecule has 0 saturated carbocycles. The van der Waals surface area contributed by atoms with E-state index in [9.17, 15) is 21.6 Å². The molecule has 3 rings (SSSR count). The number of hydrogen-bond donors (Lipinski definition) is 0.